The molecule has 5 heteroatoms. The number of hydrogen-bond acceptors (Lipinski definition) is 3. The summed E-state index contributed by atoms with van der Waals surface area (Å²) < 4.78 is 0. The minimum Gasteiger partial charge on any atom is -0.369 e. The standard InChI is InChI=1S/C18H22N4O/c1-11-12(2)21-18-13(8-16(20)23)5-6-15(17(11)18)14-4-3-7-22(9-14)10-19/h5-6,14,21H,3-4,7-9H2,1-2H3,(H2,20,23). The summed E-state index contributed by atoms with van der Waals surface area (Å²) in [6.45, 7) is 5.78. The fraction of sp³-hybridized carbons (Fsp3) is 0.444. The Morgan fingerprint density at radius 1 is 1.48 bits per heavy atom. The predicted molar refractivity (Wildman–Crippen MR) is 89.8 cm³/mol. The molecule has 1 atom stereocenters. The van der Waals surface area contributed by atoms with E-state index in [0.29, 0.717) is 5.92 Å². The first kappa shape index (κ1) is 15.4. The van der Waals surface area contributed by atoms with Crippen LogP contribution >= 0.6 is 0 Å². The van der Waals surface area contributed by atoms with Crippen molar-refractivity contribution in [2.24, 2.45) is 5.73 Å². The van der Waals surface area contributed by atoms with E-state index >= 15 is 0 Å². The number of rotatable bonds is 3. The van der Waals surface area contributed by atoms with Crippen molar-refractivity contribution in [3.05, 3.63) is 34.5 Å². The van der Waals surface area contributed by atoms with Gasteiger partial charge in [-0.25, -0.2) is 0 Å². The SMILES string of the molecule is Cc1[nH]c2c(CC(N)=O)ccc(C3CCCN(C#N)C3)c2c1C. The summed E-state index contributed by atoms with van der Waals surface area (Å²) in [6.07, 6.45) is 4.64. The molecule has 5 nitrogen and oxygen atoms in total. The van der Waals surface area contributed by atoms with E-state index in [4.69, 9.17) is 5.73 Å². The van der Waals surface area contributed by atoms with Crippen LogP contribution in [0.25, 0.3) is 10.9 Å². The minimum absolute atomic E-state index is 0.241. The van der Waals surface area contributed by atoms with Crippen molar-refractivity contribution in [1.29, 1.82) is 5.26 Å². The fourth-order valence-electron chi connectivity index (χ4n) is 3.67. The van der Waals surface area contributed by atoms with Gasteiger partial charge in [0.05, 0.1) is 6.42 Å². The van der Waals surface area contributed by atoms with Gasteiger partial charge in [-0.1, -0.05) is 12.1 Å². The average Bonchev–Trinajstić information content (AvgIpc) is 2.84. The van der Waals surface area contributed by atoms with Crippen LogP contribution in [0.3, 0.4) is 0 Å². The number of fused-ring (bicyclic) bond motifs is 1. The molecule has 2 aromatic rings. The molecular weight excluding hydrogens is 288 g/mol. The van der Waals surface area contributed by atoms with Crippen LogP contribution in [0.4, 0.5) is 0 Å². The van der Waals surface area contributed by atoms with Gasteiger partial charge in [-0.2, -0.15) is 5.26 Å². The molecule has 3 N–H and O–H groups in total. The number of nitrogens with two attached hydrogens (primary N) is 1. The molecule has 0 spiro atoms. The molecule has 1 aliphatic rings. The van der Waals surface area contributed by atoms with Crippen molar-refractivity contribution < 1.29 is 4.79 Å². The molecule has 120 valence electrons. The number of carbonyl (C=O) groups excluding carboxylic acids is 1. The van der Waals surface area contributed by atoms with Crippen LogP contribution < -0.4 is 5.73 Å². The Labute approximate surface area is 136 Å². The summed E-state index contributed by atoms with van der Waals surface area (Å²) in [6, 6.07) is 4.12. The maximum atomic E-state index is 11.3. The van der Waals surface area contributed by atoms with Gasteiger partial charge in [0, 0.05) is 35.6 Å². The van der Waals surface area contributed by atoms with Crippen LogP contribution in [0.15, 0.2) is 12.1 Å². The van der Waals surface area contributed by atoms with Crippen LogP contribution in [-0.2, 0) is 11.2 Å². The van der Waals surface area contributed by atoms with Gasteiger partial charge in [0.1, 0.15) is 0 Å². The first-order valence-electron chi connectivity index (χ1n) is 8.05. The number of H-pyrrole nitrogens is 1. The molecule has 1 fully saturated rings. The summed E-state index contributed by atoms with van der Waals surface area (Å²) in [5, 5.41) is 10.4. The van der Waals surface area contributed by atoms with Crippen LogP contribution in [-0.4, -0.2) is 28.9 Å². The highest BCUT2D eigenvalue weighted by molar-refractivity contribution is 5.93. The Morgan fingerprint density at radius 2 is 2.26 bits per heavy atom. The molecule has 1 aliphatic heterocycles. The fourth-order valence-corrected chi connectivity index (χ4v) is 3.67. The van der Waals surface area contributed by atoms with Crippen molar-refractivity contribution in [3.63, 3.8) is 0 Å². The summed E-state index contributed by atoms with van der Waals surface area (Å²) in [4.78, 5) is 16.6. The number of carbonyl (C=O) groups is 1. The number of piperidine rings is 1. The monoisotopic (exact) mass is 310 g/mol. The predicted octanol–water partition coefficient (Wildman–Crippen LogP) is 2.47. The highest BCUT2D eigenvalue weighted by Gasteiger charge is 2.24. The van der Waals surface area contributed by atoms with Gasteiger partial charge in [-0.3, -0.25) is 4.79 Å². The van der Waals surface area contributed by atoms with Crippen LogP contribution in [0, 0.1) is 25.3 Å². The summed E-state index contributed by atoms with van der Waals surface area (Å²) in [5.74, 6) is 0.0275. The van der Waals surface area contributed by atoms with Gasteiger partial charge < -0.3 is 15.6 Å². The molecule has 2 heterocycles. The zero-order valence-electron chi connectivity index (χ0n) is 13.6. The van der Waals surface area contributed by atoms with Gasteiger partial charge in [-0.05, 0) is 43.4 Å². The molecule has 0 bridgehead atoms. The maximum absolute atomic E-state index is 11.3. The number of benzene rings is 1. The van der Waals surface area contributed by atoms with E-state index in [2.05, 4.69) is 31.1 Å². The zero-order chi connectivity index (χ0) is 16.6. The first-order valence-corrected chi connectivity index (χ1v) is 8.05. The number of nitriles is 1. The molecule has 1 saturated heterocycles. The number of likely N-dealkylation sites (tertiary alicyclic amines) is 1. The van der Waals surface area contributed by atoms with Crippen molar-refractivity contribution in [2.75, 3.05) is 13.1 Å². The number of amides is 1. The lowest BCUT2D eigenvalue weighted by molar-refractivity contribution is -0.117. The van der Waals surface area contributed by atoms with Gasteiger partial charge >= 0.3 is 0 Å². The van der Waals surface area contributed by atoms with Crippen LogP contribution in [0.2, 0.25) is 0 Å². The molecule has 1 aromatic carbocycles. The number of aryl methyl sites for hydroxylation is 2. The van der Waals surface area contributed by atoms with E-state index < -0.39 is 0 Å². The van der Waals surface area contributed by atoms with Crippen molar-refractivity contribution in [3.8, 4) is 6.19 Å². The summed E-state index contributed by atoms with van der Waals surface area (Å²) in [7, 11) is 0. The minimum atomic E-state index is -0.322. The number of primary amides is 1. The van der Waals surface area contributed by atoms with E-state index in [1.54, 1.807) is 0 Å². The third kappa shape index (κ3) is 2.77. The second-order valence-corrected chi connectivity index (χ2v) is 6.47. The topological polar surface area (TPSA) is 85.9 Å². The number of aromatic amines is 1. The van der Waals surface area contributed by atoms with Crippen molar-refractivity contribution in [2.45, 2.75) is 39.0 Å². The zero-order valence-corrected chi connectivity index (χ0v) is 13.6. The van der Waals surface area contributed by atoms with Gasteiger partial charge in [0.25, 0.3) is 0 Å². The first-order chi connectivity index (χ1) is 11.0. The highest BCUT2D eigenvalue weighted by atomic mass is 16.1. The Hall–Kier alpha value is -2.48. The van der Waals surface area contributed by atoms with E-state index in [0.717, 1.165) is 42.7 Å². The Morgan fingerprint density at radius 3 is 2.96 bits per heavy atom. The quantitative estimate of drug-likeness (QED) is 0.854. The molecule has 1 amide bonds. The summed E-state index contributed by atoms with van der Waals surface area (Å²) >= 11 is 0. The lowest BCUT2D eigenvalue weighted by Gasteiger charge is -2.29. The van der Waals surface area contributed by atoms with E-state index in [9.17, 15) is 10.1 Å². The molecule has 23 heavy (non-hydrogen) atoms. The largest absolute Gasteiger partial charge is 0.369 e. The third-order valence-electron chi connectivity index (χ3n) is 4.94. The van der Waals surface area contributed by atoms with Crippen molar-refractivity contribution >= 4 is 16.8 Å². The molecule has 0 saturated carbocycles. The Balaban J connectivity index is 2.11. The summed E-state index contributed by atoms with van der Waals surface area (Å²) in [5.41, 5.74) is 11.0. The van der Waals surface area contributed by atoms with Crippen molar-refractivity contribution in [1.82, 2.24) is 9.88 Å². The Bertz CT molecular complexity index is 799. The lowest BCUT2D eigenvalue weighted by atomic mass is 9.86. The molecule has 3 rings (SSSR count). The number of nitrogens with zero attached hydrogens (tertiary/aromatic N) is 2. The number of aromatic nitrogens is 1. The van der Waals surface area contributed by atoms with Gasteiger partial charge in [0.2, 0.25) is 5.91 Å². The highest BCUT2D eigenvalue weighted by Crippen LogP contribution is 2.36. The number of hydrogen-bond donors (Lipinski definition) is 2. The maximum Gasteiger partial charge on any atom is 0.221 e. The lowest BCUT2D eigenvalue weighted by Crippen LogP contribution is -2.30. The molecule has 1 aromatic heterocycles. The van der Waals surface area contributed by atoms with E-state index in [1.807, 2.05) is 11.0 Å². The second-order valence-electron chi connectivity index (χ2n) is 6.47. The molecule has 0 aliphatic carbocycles. The van der Waals surface area contributed by atoms with Gasteiger partial charge in [-0.15, -0.1) is 0 Å². The second kappa shape index (κ2) is 5.96. The van der Waals surface area contributed by atoms with E-state index in [1.165, 1.54) is 16.5 Å². The van der Waals surface area contributed by atoms with E-state index in [-0.39, 0.29) is 12.3 Å². The molecule has 0 radical (unpaired) electrons. The van der Waals surface area contributed by atoms with Crippen LogP contribution in [0.1, 0.15) is 41.1 Å². The third-order valence-corrected chi connectivity index (χ3v) is 4.94. The Kier molecular flexibility index (Phi) is 3.99. The van der Waals surface area contributed by atoms with Crippen LogP contribution in [0.5, 0.6) is 0 Å². The normalized spacial score (nSPS) is 18.1. The molecular formula is C18H22N4O. The smallest absolute Gasteiger partial charge is 0.221 e. The van der Waals surface area contributed by atoms with Gasteiger partial charge in [0.15, 0.2) is 6.19 Å². The molecule has 1 unspecified atom stereocenters. The number of nitrogens with one attached hydrogen (secondary N) is 1. The average molecular weight is 310 g/mol.